The topological polar surface area (TPSA) is 106 Å². The number of aliphatic hydroxyl groups excluding tert-OH is 1. The van der Waals surface area contributed by atoms with Crippen molar-refractivity contribution in [3.8, 4) is 0 Å². The first-order chi connectivity index (χ1) is 17.4. The molecule has 192 valence electrons. The molecule has 36 heavy (non-hydrogen) atoms. The highest BCUT2D eigenvalue weighted by molar-refractivity contribution is 7.14. The lowest BCUT2D eigenvalue weighted by atomic mass is 10.00. The molecule has 4 heterocycles. The van der Waals surface area contributed by atoms with Crippen LogP contribution in [0.5, 0.6) is 0 Å². The fraction of sp³-hybridized carbons (Fsp3) is 0.520. The predicted octanol–water partition coefficient (Wildman–Crippen LogP) is 2.25. The molecule has 3 aliphatic rings. The molecule has 9 nitrogen and oxygen atoms in total. The maximum Gasteiger partial charge on any atom is 0.257 e. The van der Waals surface area contributed by atoms with Crippen LogP contribution in [0.15, 0.2) is 29.6 Å². The molecule has 0 spiro atoms. The average Bonchev–Trinajstić information content (AvgIpc) is 3.41. The molecular weight excluding hydrogens is 502 g/mol. The van der Waals surface area contributed by atoms with Crippen molar-refractivity contribution < 1.29 is 19.5 Å². The number of amides is 3. The van der Waals surface area contributed by atoms with Gasteiger partial charge >= 0.3 is 0 Å². The summed E-state index contributed by atoms with van der Waals surface area (Å²) in [6.45, 7) is 2.82. The van der Waals surface area contributed by atoms with Crippen molar-refractivity contribution in [2.75, 3.05) is 38.0 Å². The molecule has 5 rings (SSSR count). The lowest BCUT2D eigenvalue weighted by molar-refractivity contribution is -0.139. The van der Waals surface area contributed by atoms with Gasteiger partial charge in [-0.2, -0.15) is 0 Å². The normalized spacial score (nSPS) is 24.1. The van der Waals surface area contributed by atoms with Gasteiger partial charge in [0.2, 0.25) is 11.8 Å². The molecule has 3 saturated heterocycles. The standard InChI is InChI=1S/C25H30ClN5O4S/c26-17-3-1-16(2-4-17)24(35)28-25-27-18(15-36-25)11-22(33)30-9-7-29(8-10-30)14-23(34)31-19-5-6-20(31)13-21(32)12-19/h1-4,15,19-21,32H,5-14H2,(H,27,28,35)/t19-,20+,21-. The lowest BCUT2D eigenvalue weighted by Gasteiger charge is -2.40. The number of aliphatic hydroxyl groups is 1. The molecule has 0 saturated carbocycles. The van der Waals surface area contributed by atoms with Crippen LogP contribution in [0.3, 0.4) is 0 Å². The number of fused-ring (bicyclic) bond motifs is 2. The SMILES string of the molecule is O=C(Nc1nc(CC(=O)N2CCN(CC(=O)N3[C@@H]4CC[C@H]3C[C@H](O)C4)CC2)cs1)c1ccc(Cl)cc1. The van der Waals surface area contributed by atoms with Gasteiger partial charge in [0, 0.05) is 54.2 Å². The van der Waals surface area contributed by atoms with Crippen molar-refractivity contribution in [1.29, 1.82) is 0 Å². The number of anilines is 1. The van der Waals surface area contributed by atoms with E-state index in [-0.39, 0.29) is 42.3 Å². The van der Waals surface area contributed by atoms with Gasteiger partial charge in [0.25, 0.3) is 5.91 Å². The molecule has 2 bridgehead atoms. The second-order valence-corrected chi connectivity index (χ2v) is 11.0. The van der Waals surface area contributed by atoms with Crippen molar-refractivity contribution >= 4 is 45.8 Å². The minimum Gasteiger partial charge on any atom is -0.393 e. The third-order valence-electron chi connectivity index (χ3n) is 7.29. The van der Waals surface area contributed by atoms with E-state index in [0.29, 0.717) is 67.0 Å². The first-order valence-corrected chi connectivity index (χ1v) is 13.6. The number of hydrogen-bond donors (Lipinski definition) is 2. The molecule has 2 N–H and O–H groups in total. The first-order valence-electron chi connectivity index (χ1n) is 12.4. The molecule has 3 atom stereocenters. The smallest absolute Gasteiger partial charge is 0.257 e. The summed E-state index contributed by atoms with van der Waals surface area (Å²) in [6.07, 6.45) is 3.24. The third kappa shape index (κ3) is 5.72. The molecule has 0 aliphatic carbocycles. The molecule has 3 aliphatic heterocycles. The highest BCUT2D eigenvalue weighted by Crippen LogP contribution is 2.35. The van der Waals surface area contributed by atoms with E-state index in [1.165, 1.54) is 11.3 Å². The van der Waals surface area contributed by atoms with Gasteiger partial charge in [0.15, 0.2) is 5.13 Å². The van der Waals surface area contributed by atoms with Crippen molar-refractivity contribution in [2.45, 2.75) is 50.3 Å². The summed E-state index contributed by atoms with van der Waals surface area (Å²) < 4.78 is 0. The summed E-state index contributed by atoms with van der Waals surface area (Å²) in [5.41, 5.74) is 1.10. The van der Waals surface area contributed by atoms with Crippen LogP contribution in [0.2, 0.25) is 5.02 Å². The zero-order chi connectivity index (χ0) is 25.2. The molecule has 3 amide bonds. The van der Waals surface area contributed by atoms with Gasteiger partial charge < -0.3 is 14.9 Å². The first kappa shape index (κ1) is 25.1. The minimum atomic E-state index is -0.283. The summed E-state index contributed by atoms with van der Waals surface area (Å²) in [5, 5.41) is 15.5. The number of carbonyl (C=O) groups is 3. The Hall–Kier alpha value is -2.53. The van der Waals surface area contributed by atoms with Crippen molar-refractivity contribution in [3.05, 3.63) is 45.9 Å². The number of halogens is 1. The number of nitrogens with one attached hydrogen (secondary N) is 1. The number of carbonyl (C=O) groups excluding carboxylic acids is 3. The van der Waals surface area contributed by atoms with Crippen molar-refractivity contribution in [3.63, 3.8) is 0 Å². The van der Waals surface area contributed by atoms with Gasteiger partial charge in [-0.05, 0) is 49.9 Å². The molecule has 3 fully saturated rings. The fourth-order valence-electron chi connectivity index (χ4n) is 5.47. The minimum absolute atomic E-state index is 0.00934. The van der Waals surface area contributed by atoms with E-state index in [1.54, 1.807) is 29.6 Å². The number of piperidine rings is 1. The number of nitrogens with zero attached hydrogens (tertiary/aromatic N) is 4. The van der Waals surface area contributed by atoms with Gasteiger partial charge in [-0.3, -0.25) is 24.6 Å². The van der Waals surface area contributed by atoms with Crippen molar-refractivity contribution in [1.82, 2.24) is 19.7 Å². The predicted molar refractivity (Wildman–Crippen MR) is 137 cm³/mol. The van der Waals surface area contributed by atoms with E-state index in [2.05, 4.69) is 15.2 Å². The number of aromatic nitrogens is 1. The van der Waals surface area contributed by atoms with Crippen LogP contribution in [0.1, 0.15) is 41.7 Å². The maximum atomic E-state index is 13.0. The van der Waals surface area contributed by atoms with Gasteiger partial charge in [-0.25, -0.2) is 4.98 Å². The Labute approximate surface area is 219 Å². The van der Waals surface area contributed by atoms with E-state index in [9.17, 15) is 19.5 Å². The maximum absolute atomic E-state index is 13.0. The highest BCUT2D eigenvalue weighted by atomic mass is 35.5. The quantitative estimate of drug-likeness (QED) is 0.592. The number of hydrogen-bond acceptors (Lipinski definition) is 7. The van der Waals surface area contributed by atoms with Crippen LogP contribution >= 0.6 is 22.9 Å². The van der Waals surface area contributed by atoms with Gasteiger partial charge in [-0.1, -0.05) is 11.6 Å². The molecule has 1 aromatic heterocycles. The summed E-state index contributed by atoms with van der Waals surface area (Å²) in [6, 6.07) is 6.94. The Morgan fingerprint density at radius 2 is 1.69 bits per heavy atom. The van der Waals surface area contributed by atoms with Crippen LogP contribution in [-0.2, 0) is 16.0 Å². The Morgan fingerprint density at radius 3 is 2.36 bits per heavy atom. The van der Waals surface area contributed by atoms with Crippen LogP contribution < -0.4 is 5.32 Å². The molecule has 0 unspecified atom stereocenters. The Morgan fingerprint density at radius 1 is 1.03 bits per heavy atom. The van der Waals surface area contributed by atoms with E-state index in [1.807, 2.05) is 9.80 Å². The summed E-state index contributed by atoms with van der Waals surface area (Å²) >= 11 is 7.15. The Bertz CT molecular complexity index is 1100. The fourth-order valence-corrected chi connectivity index (χ4v) is 6.30. The van der Waals surface area contributed by atoms with E-state index < -0.39 is 0 Å². The molecule has 2 aromatic rings. The third-order valence-corrected chi connectivity index (χ3v) is 8.35. The lowest BCUT2D eigenvalue weighted by Crippen LogP contribution is -2.54. The number of piperazine rings is 1. The number of rotatable bonds is 6. The summed E-state index contributed by atoms with van der Waals surface area (Å²) in [7, 11) is 0. The van der Waals surface area contributed by atoms with E-state index in [0.717, 1.165) is 12.8 Å². The second-order valence-electron chi connectivity index (χ2n) is 9.75. The van der Waals surface area contributed by atoms with Gasteiger partial charge in [-0.15, -0.1) is 11.3 Å². The Balaban J connectivity index is 1.07. The van der Waals surface area contributed by atoms with Crippen LogP contribution in [0.25, 0.3) is 0 Å². The van der Waals surface area contributed by atoms with Crippen molar-refractivity contribution in [2.24, 2.45) is 0 Å². The Kier molecular flexibility index (Phi) is 7.57. The molecule has 0 radical (unpaired) electrons. The zero-order valence-electron chi connectivity index (χ0n) is 19.9. The van der Waals surface area contributed by atoms with E-state index >= 15 is 0 Å². The largest absolute Gasteiger partial charge is 0.393 e. The van der Waals surface area contributed by atoms with Gasteiger partial charge in [0.1, 0.15) is 0 Å². The number of thiazole rings is 1. The second kappa shape index (κ2) is 10.8. The van der Waals surface area contributed by atoms with E-state index in [4.69, 9.17) is 11.6 Å². The average molecular weight is 532 g/mol. The van der Waals surface area contributed by atoms with Crippen LogP contribution in [0, 0.1) is 0 Å². The molecule has 1 aromatic carbocycles. The van der Waals surface area contributed by atoms with Crippen LogP contribution in [-0.4, -0.2) is 93.4 Å². The molecule has 11 heteroatoms. The highest BCUT2D eigenvalue weighted by Gasteiger charge is 2.43. The zero-order valence-corrected chi connectivity index (χ0v) is 21.5. The summed E-state index contributed by atoms with van der Waals surface area (Å²) in [4.78, 5) is 48.5. The number of benzene rings is 1. The van der Waals surface area contributed by atoms with Gasteiger partial charge in [0.05, 0.1) is 24.8 Å². The summed E-state index contributed by atoms with van der Waals surface area (Å²) in [5.74, 6) is -0.145. The molecular formula is C25H30ClN5O4S. The monoisotopic (exact) mass is 531 g/mol. The van der Waals surface area contributed by atoms with Crippen LogP contribution in [0.4, 0.5) is 5.13 Å².